The van der Waals surface area contributed by atoms with Crippen molar-refractivity contribution in [2.75, 3.05) is 5.73 Å². The summed E-state index contributed by atoms with van der Waals surface area (Å²) in [7, 11) is 0. The van der Waals surface area contributed by atoms with Crippen LogP contribution in [0.15, 0.2) is 41.8 Å². The summed E-state index contributed by atoms with van der Waals surface area (Å²) < 4.78 is 0. The van der Waals surface area contributed by atoms with Crippen molar-refractivity contribution in [2.45, 2.75) is 18.9 Å². The van der Waals surface area contributed by atoms with E-state index in [9.17, 15) is 9.59 Å². The number of benzene rings is 1. The van der Waals surface area contributed by atoms with Gasteiger partial charge in [-0.3, -0.25) is 9.59 Å². The lowest BCUT2D eigenvalue weighted by atomic mass is 10.0. The van der Waals surface area contributed by atoms with Gasteiger partial charge in [-0.25, -0.2) is 0 Å². The lowest BCUT2D eigenvalue weighted by Gasteiger charge is -2.16. The first-order valence-corrected chi connectivity index (χ1v) is 7.33. The minimum absolute atomic E-state index is 0.124. The highest BCUT2D eigenvalue weighted by Crippen LogP contribution is 2.12. The minimum Gasteiger partial charge on any atom is -0.481 e. The summed E-state index contributed by atoms with van der Waals surface area (Å²) in [5, 5.41) is 13.6. The maximum absolute atomic E-state index is 12.0. The lowest BCUT2D eigenvalue weighted by molar-refractivity contribution is -0.137. The Morgan fingerprint density at radius 2 is 1.95 bits per heavy atom. The largest absolute Gasteiger partial charge is 0.481 e. The van der Waals surface area contributed by atoms with Crippen LogP contribution in [0.3, 0.4) is 0 Å². The van der Waals surface area contributed by atoms with E-state index in [1.165, 1.54) is 11.3 Å². The van der Waals surface area contributed by atoms with E-state index in [4.69, 9.17) is 10.8 Å². The van der Waals surface area contributed by atoms with Gasteiger partial charge in [0.2, 0.25) is 0 Å². The zero-order valence-corrected chi connectivity index (χ0v) is 12.1. The molecule has 0 aliphatic carbocycles. The van der Waals surface area contributed by atoms with E-state index < -0.39 is 12.0 Å². The normalized spacial score (nSPS) is 11.8. The van der Waals surface area contributed by atoms with Gasteiger partial charge in [0.25, 0.3) is 5.91 Å². The number of hydrogen-bond donors (Lipinski definition) is 3. The van der Waals surface area contributed by atoms with Gasteiger partial charge in [0, 0.05) is 11.7 Å². The number of thiophene rings is 1. The van der Waals surface area contributed by atoms with Crippen molar-refractivity contribution < 1.29 is 14.7 Å². The average molecular weight is 304 g/mol. The molecular formula is C15H16N2O3S. The van der Waals surface area contributed by atoms with Gasteiger partial charge in [-0.05, 0) is 35.6 Å². The fourth-order valence-corrected chi connectivity index (χ4v) is 2.61. The van der Waals surface area contributed by atoms with Gasteiger partial charge >= 0.3 is 5.97 Å². The van der Waals surface area contributed by atoms with Crippen molar-refractivity contribution in [3.8, 4) is 0 Å². The number of nitrogens with one attached hydrogen (secondary N) is 1. The SMILES string of the molecule is Nc1ccc(C[C@H](CC(=O)O)NC(=O)c2cccs2)cc1. The molecule has 6 heteroatoms. The van der Waals surface area contributed by atoms with E-state index >= 15 is 0 Å². The van der Waals surface area contributed by atoms with E-state index in [2.05, 4.69) is 5.32 Å². The van der Waals surface area contributed by atoms with Crippen LogP contribution in [-0.4, -0.2) is 23.0 Å². The Balaban J connectivity index is 2.05. The van der Waals surface area contributed by atoms with Crippen LogP contribution in [0.5, 0.6) is 0 Å². The first-order valence-electron chi connectivity index (χ1n) is 6.45. The molecule has 1 aromatic carbocycles. The van der Waals surface area contributed by atoms with Crippen molar-refractivity contribution in [3.63, 3.8) is 0 Å². The molecule has 2 rings (SSSR count). The molecule has 0 unspecified atom stereocenters. The molecule has 0 saturated carbocycles. The van der Waals surface area contributed by atoms with E-state index in [0.717, 1.165) is 5.56 Å². The third kappa shape index (κ3) is 4.61. The number of rotatable bonds is 6. The lowest BCUT2D eigenvalue weighted by Crippen LogP contribution is -2.37. The second kappa shape index (κ2) is 6.90. The standard InChI is InChI=1S/C15H16N2O3S/c16-11-5-3-10(4-6-11)8-12(9-14(18)19)17-15(20)13-2-1-7-21-13/h1-7,12H,8-9,16H2,(H,17,20)(H,18,19)/t12-/m1/s1. The number of carbonyl (C=O) groups is 2. The fourth-order valence-electron chi connectivity index (χ4n) is 1.99. The van der Waals surface area contributed by atoms with Crippen molar-refractivity contribution in [2.24, 2.45) is 0 Å². The average Bonchev–Trinajstić information content (AvgIpc) is 2.94. The third-order valence-corrected chi connectivity index (χ3v) is 3.83. The fraction of sp³-hybridized carbons (Fsp3) is 0.200. The van der Waals surface area contributed by atoms with Crippen molar-refractivity contribution >= 4 is 28.9 Å². The summed E-state index contributed by atoms with van der Waals surface area (Å²) in [5.74, 6) is -1.19. The van der Waals surface area contributed by atoms with E-state index in [-0.39, 0.29) is 12.3 Å². The maximum atomic E-state index is 12.0. The van der Waals surface area contributed by atoms with Crippen LogP contribution in [0, 0.1) is 0 Å². The van der Waals surface area contributed by atoms with Gasteiger partial charge in [-0.15, -0.1) is 11.3 Å². The Labute approximate surface area is 126 Å². The molecule has 0 spiro atoms. The summed E-state index contributed by atoms with van der Waals surface area (Å²) in [6, 6.07) is 10.2. The number of aliphatic carboxylic acids is 1. The van der Waals surface area contributed by atoms with Crippen LogP contribution in [0.2, 0.25) is 0 Å². The molecule has 1 atom stereocenters. The maximum Gasteiger partial charge on any atom is 0.305 e. The molecule has 1 heterocycles. The summed E-state index contributed by atoms with van der Waals surface area (Å²) in [4.78, 5) is 23.6. The second-order valence-electron chi connectivity index (χ2n) is 4.69. The molecule has 5 nitrogen and oxygen atoms in total. The molecule has 0 aliphatic rings. The molecular weight excluding hydrogens is 288 g/mol. The van der Waals surface area contributed by atoms with E-state index in [1.54, 1.807) is 29.6 Å². The summed E-state index contributed by atoms with van der Waals surface area (Å²) in [5.41, 5.74) is 7.20. The van der Waals surface area contributed by atoms with Gasteiger partial charge in [0.1, 0.15) is 0 Å². The molecule has 1 amide bonds. The predicted octanol–water partition coefficient (Wildman–Crippen LogP) is 2.15. The third-order valence-electron chi connectivity index (χ3n) is 2.96. The highest BCUT2D eigenvalue weighted by molar-refractivity contribution is 7.12. The van der Waals surface area contributed by atoms with Crippen molar-refractivity contribution in [1.82, 2.24) is 5.32 Å². The quantitative estimate of drug-likeness (QED) is 0.713. The van der Waals surface area contributed by atoms with Crippen molar-refractivity contribution in [1.29, 1.82) is 0 Å². The van der Waals surface area contributed by atoms with Crippen LogP contribution in [-0.2, 0) is 11.2 Å². The van der Waals surface area contributed by atoms with Gasteiger partial charge in [0.05, 0.1) is 11.3 Å². The Morgan fingerprint density at radius 1 is 1.24 bits per heavy atom. The molecule has 0 saturated heterocycles. The molecule has 110 valence electrons. The van der Waals surface area contributed by atoms with E-state index in [1.807, 2.05) is 12.1 Å². The Bertz CT molecular complexity index is 608. The molecule has 1 aromatic heterocycles. The smallest absolute Gasteiger partial charge is 0.305 e. The van der Waals surface area contributed by atoms with Crippen molar-refractivity contribution in [3.05, 3.63) is 52.2 Å². The highest BCUT2D eigenvalue weighted by atomic mass is 32.1. The van der Waals surface area contributed by atoms with Crippen LogP contribution >= 0.6 is 11.3 Å². The summed E-state index contributed by atoms with van der Waals surface area (Å²) in [6.07, 6.45) is 0.325. The molecule has 0 radical (unpaired) electrons. The Hall–Kier alpha value is -2.34. The van der Waals surface area contributed by atoms with Crippen LogP contribution in [0.25, 0.3) is 0 Å². The number of carboxylic acid groups (broad SMARTS) is 1. The minimum atomic E-state index is -0.943. The number of nitrogens with two attached hydrogens (primary N) is 1. The molecule has 21 heavy (non-hydrogen) atoms. The highest BCUT2D eigenvalue weighted by Gasteiger charge is 2.18. The first kappa shape index (κ1) is 15.1. The number of hydrogen-bond acceptors (Lipinski definition) is 4. The number of carboxylic acids is 1. The first-order chi connectivity index (χ1) is 10.0. The molecule has 0 bridgehead atoms. The zero-order valence-electron chi connectivity index (χ0n) is 11.3. The van der Waals surface area contributed by atoms with Crippen LogP contribution < -0.4 is 11.1 Å². The number of nitrogen functional groups attached to an aromatic ring is 1. The van der Waals surface area contributed by atoms with Crippen LogP contribution in [0.4, 0.5) is 5.69 Å². The van der Waals surface area contributed by atoms with Gasteiger partial charge in [0.15, 0.2) is 0 Å². The van der Waals surface area contributed by atoms with Crippen LogP contribution in [0.1, 0.15) is 21.7 Å². The Kier molecular flexibility index (Phi) is 4.94. The van der Waals surface area contributed by atoms with Gasteiger partial charge < -0.3 is 16.2 Å². The second-order valence-corrected chi connectivity index (χ2v) is 5.64. The number of carbonyl (C=O) groups excluding carboxylic acids is 1. The Morgan fingerprint density at radius 3 is 2.52 bits per heavy atom. The molecule has 2 aromatic rings. The number of anilines is 1. The number of amides is 1. The van der Waals surface area contributed by atoms with Gasteiger partial charge in [-0.2, -0.15) is 0 Å². The molecule has 0 aliphatic heterocycles. The van der Waals surface area contributed by atoms with E-state index in [0.29, 0.717) is 17.0 Å². The van der Waals surface area contributed by atoms with Gasteiger partial charge in [-0.1, -0.05) is 18.2 Å². The molecule has 4 N–H and O–H groups in total. The monoisotopic (exact) mass is 304 g/mol. The topological polar surface area (TPSA) is 92.4 Å². The summed E-state index contributed by atoms with van der Waals surface area (Å²) in [6.45, 7) is 0. The zero-order chi connectivity index (χ0) is 15.2. The molecule has 0 fully saturated rings. The predicted molar refractivity (Wildman–Crippen MR) is 82.4 cm³/mol. The summed E-state index contributed by atoms with van der Waals surface area (Å²) >= 11 is 1.32.